The van der Waals surface area contributed by atoms with Crippen molar-refractivity contribution in [1.29, 1.82) is 0 Å². The molecule has 1 N–H and O–H groups in total. The summed E-state index contributed by atoms with van der Waals surface area (Å²) < 4.78 is 11.8. The lowest BCUT2D eigenvalue weighted by Gasteiger charge is -2.07. The number of ether oxygens (including phenoxy) is 2. The van der Waals surface area contributed by atoms with Gasteiger partial charge in [-0.1, -0.05) is 24.3 Å². The van der Waals surface area contributed by atoms with Crippen LogP contribution in [0.15, 0.2) is 42.5 Å². The Kier molecular flexibility index (Phi) is 6.07. The van der Waals surface area contributed by atoms with Crippen molar-refractivity contribution >= 4 is 32.6 Å². The highest BCUT2D eigenvalue weighted by Gasteiger charge is 2.08. The molecule has 0 radical (unpaired) electrons. The van der Waals surface area contributed by atoms with E-state index in [1.165, 1.54) is 16.9 Å². The van der Waals surface area contributed by atoms with Crippen molar-refractivity contribution in [2.75, 3.05) is 19.0 Å². The Labute approximate surface area is 157 Å². The van der Waals surface area contributed by atoms with E-state index in [2.05, 4.69) is 29.4 Å². The van der Waals surface area contributed by atoms with Crippen molar-refractivity contribution in [3.05, 3.63) is 48.0 Å². The van der Waals surface area contributed by atoms with Gasteiger partial charge in [0.05, 0.1) is 23.9 Å². The molecule has 3 aromatic rings. The number of methoxy groups -OCH3 is 1. The van der Waals surface area contributed by atoms with Gasteiger partial charge in [-0.05, 0) is 54.8 Å². The van der Waals surface area contributed by atoms with E-state index in [0.717, 1.165) is 28.1 Å². The molecular weight excluding hydrogens is 348 g/mol. The van der Waals surface area contributed by atoms with Crippen LogP contribution in [0.25, 0.3) is 10.2 Å². The first-order valence-electron chi connectivity index (χ1n) is 8.64. The number of hydrogen-bond acceptors (Lipinski definition) is 5. The summed E-state index contributed by atoms with van der Waals surface area (Å²) >= 11 is 1.51. The molecule has 26 heavy (non-hydrogen) atoms. The minimum atomic E-state index is -0.0434. The van der Waals surface area contributed by atoms with Crippen molar-refractivity contribution in [3.8, 4) is 11.5 Å². The first-order valence-corrected chi connectivity index (χ1v) is 9.45. The second-order valence-corrected chi connectivity index (χ2v) is 6.88. The van der Waals surface area contributed by atoms with Crippen molar-refractivity contribution in [2.45, 2.75) is 26.2 Å². The maximum absolute atomic E-state index is 12.1. The first kappa shape index (κ1) is 18.2. The van der Waals surface area contributed by atoms with Gasteiger partial charge in [0.15, 0.2) is 5.13 Å². The van der Waals surface area contributed by atoms with Crippen molar-refractivity contribution in [3.63, 3.8) is 0 Å². The van der Waals surface area contributed by atoms with E-state index in [-0.39, 0.29) is 5.91 Å². The molecule has 136 valence electrons. The third-order valence-electron chi connectivity index (χ3n) is 3.98. The minimum Gasteiger partial charge on any atom is -0.497 e. The Morgan fingerprint density at radius 1 is 1.15 bits per heavy atom. The number of thiazole rings is 1. The summed E-state index contributed by atoms with van der Waals surface area (Å²) in [5, 5.41) is 3.53. The predicted molar refractivity (Wildman–Crippen MR) is 105 cm³/mol. The Hall–Kier alpha value is -2.60. The highest BCUT2D eigenvalue weighted by atomic mass is 32.1. The molecule has 0 saturated carbocycles. The van der Waals surface area contributed by atoms with E-state index in [1.807, 2.05) is 30.3 Å². The van der Waals surface area contributed by atoms with Crippen LogP contribution in [-0.2, 0) is 11.2 Å². The Balaban J connectivity index is 1.45. The van der Waals surface area contributed by atoms with Crippen LogP contribution in [0.2, 0.25) is 0 Å². The highest BCUT2D eigenvalue weighted by molar-refractivity contribution is 7.22. The zero-order valence-corrected chi connectivity index (χ0v) is 15.8. The number of nitrogens with zero attached hydrogens (tertiary/aromatic N) is 1. The van der Waals surface area contributed by atoms with Crippen molar-refractivity contribution < 1.29 is 14.3 Å². The number of amides is 1. The van der Waals surface area contributed by atoms with E-state index < -0.39 is 0 Å². The second-order valence-electron chi connectivity index (χ2n) is 5.85. The normalized spacial score (nSPS) is 10.7. The van der Waals surface area contributed by atoms with Crippen LogP contribution >= 0.6 is 11.3 Å². The Morgan fingerprint density at radius 3 is 2.65 bits per heavy atom. The number of aromatic nitrogens is 1. The molecule has 1 heterocycles. The number of fused-ring (bicyclic) bond motifs is 1. The van der Waals surface area contributed by atoms with Crippen LogP contribution in [0.3, 0.4) is 0 Å². The predicted octanol–water partition coefficient (Wildman–Crippen LogP) is 4.67. The molecular formula is C20H22N2O3S. The summed E-state index contributed by atoms with van der Waals surface area (Å²) in [6.07, 6.45) is 2.03. The van der Waals surface area contributed by atoms with Crippen molar-refractivity contribution in [2.24, 2.45) is 0 Å². The topological polar surface area (TPSA) is 60.5 Å². The molecule has 1 aromatic heterocycles. The van der Waals surface area contributed by atoms with Gasteiger partial charge in [-0.2, -0.15) is 0 Å². The lowest BCUT2D eigenvalue weighted by Crippen LogP contribution is -2.12. The number of carbonyl (C=O) groups is 1. The van der Waals surface area contributed by atoms with Crippen LogP contribution in [0.1, 0.15) is 25.3 Å². The summed E-state index contributed by atoms with van der Waals surface area (Å²) in [4.78, 5) is 16.6. The fourth-order valence-electron chi connectivity index (χ4n) is 2.52. The SMILES string of the molecule is CCc1ccc2nc(NC(=O)CCCOc3ccc(OC)cc3)sc2c1. The molecule has 0 spiro atoms. The Bertz CT molecular complexity index is 874. The molecule has 6 heteroatoms. The lowest BCUT2D eigenvalue weighted by atomic mass is 10.2. The molecule has 2 aromatic carbocycles. The molecule has 0 unspecified atom stereocenters. The number of anilines is 1. The summed E-state index contributed by atoms with van der Waals surface area (Å²) in [6.45, 7) is 2.61. The first-order chi connectivity index (χ1) is 12.7. The zero-order valence-electron chi connectivity index (χ0n) is 15.0. The van der Waals surface area contributed by atoms with Crippen LogP contribution < -0.4 is 14.8 Å². The summed E-state index contributed by atoms with van der Waals surface area (Å²) in [5.41, 5.74) is 2.19. The summed E-state index contributed by atoms with van der Waals surface area (Å²) in [6, 6.07) is 13.6. The number of carbonyl (C=O) groups excluding carboxylic acids is 1. The maximum Gasteiger partial charge on any atom is 0.226 e. The van der Waals surface area contributed by atoms with E-state index >= 15 is 0 Å². The minimum absolute atomic E-state index is 0.0434. The standard InChI is InChI=1S/C20H22N2O3S/c1-3-14-6-11-17-18(13-14)26-20(21-17)22-19(23)5-4-12-25-16-9-7-15(24-2)8-10-16/h6-11,13H,3-5,12H2,1-2H3,(H,21,22,23). The molecule has 0 saturated heterocycles. The van der Waals surface area contributed by atoms with E-state index in [9.17, 15) is 4.79 Å². The van der Waals surface area contributed by atoms with Crippen LogP contribution in [0.5, 0.6) is 11.5 Å². The number of rotatable bonds is 8. The van der Waals surface area contributed by atoms with E-state index in [1.54, 1.807) is 7.11 Å². The third kappa shape index (κ3) is 4.73. The highest BCUT2D eigenvalue weighted by Crippen LogP contribution is 2.27. The maximum atomic E-state index is 12.1. The molecule has 0 fully saturated rings. The molecule has 0 aliphatic heterocycles. The fraction of sp³-hybridized carbons (Fsp3) is 0.300. The van der Waals surface area contributed by atoms with Gasteiger partial charge >= 0.3 is 0 Å². The fourth-order valence-corrected chi connectivity index (χ4v) is 3.46. The molecule has 0 atom stereocenters. The monoisotopic (exact) mass is 370 g/mol. The van der Waals surface area contributed by atoms with Gasteiger partial charge in [0.2, 0.25) is 5.91 Å². The number of nitrogens with one attached hydrogen (secondary N) is 1. The van der Waals surface area contributed by atoms with Gasteiger partial charge in [-0.3, -0.25) is 4.79 Å². The van der Waals surface area contributed by atoms with Gasteiger partial charge in [0, 0.05) is 6.42 Å². The molecule has 0 bridgehead atoms. The third-order valence-corrected chi connectivity index (χ3v) is 4.92. The smallest absolute Gasteiger partial charge is 0.226 e. The average molecular weight is 370 g/mol. The van der Waals surface area contributed by atoms with Gasteiger partial charge < -0.3 is 14.8 Å². The summed E-state index contributed by atoms with van der Waals surface area (Å²) in [5.74, 6) is 1.51. The zero-order chi connectivity index (χ0) is 18.4. The van der Waals surface area contributed by atoms with Crippen LogP contribution in [-0.4, -0.2) is 24.6 Å². The molecule has 0 aliphatic carbocycles. The molecule has 3 rings (SSSR count). The second kappa shape index (κ2) is 8.67. The molecule has 1 amide bonds. The van der Waals surface area contributed by atoms with E-state index in [4.69, 9.17) is 9.47 Å². The number of benzene rings is 2. The van der Waals surface area contributed by atoms with Gasteiger partial charge in [0.25, 0.3) is 0 Å². The van der Waals surface area contributed by atoms with E-state index in [0.29, 0.717) is 24.6 Å². The van der Waals surface area contributed by atoms with Crippen LogP contribution in [0.4, 0.5) is 5.13 Å². The van der Waals surface area contributed by atoms with Gasteiger partial charge in [0.1, 0.15) is 11.5 Å². The molecule has 0 aliphatic rings. The van der Waals surface area contributed by atoms with Crippen LogP contribution in [0, 0.1) is 0 Å². The average Bonchev–Trinajstić information content (AvgIpc) is 3.06. The van der Waals surface area contributed by atoms with Crippen molar-refractivity contribution in [1.82, 2.24) is 4.98 Å². The quantitative estimate of drug-likeness (QED) is 0.586. The largest absolute Gasteiger partial charge is 0.497 e. The number of hydrogen-bond donors (Lipinski definition) is 1. The lowest BCUT2D eigenvalue weighted by molar-refractivity contribution is -0.116. The number of aryl methyl sites for hydroxylation is 1. The Morgan fingerprint density at radius 2 is 1.92 bits per heavy atom. The summed E-state index contributed by atoms with van der Waals surface area (Å²) in [7, 11) is 1.63. The molecule has 5 nitrogen and oxygen atoms in total. The van der Waals surface area contributed by atoms with Gasteiger partial charge in [-0.25, -0.2) is 4.98 Å². The van der Waals surface area contributed by atoms with Gasteiger partial charge in [-0.15, -0.1) is 0 Å².